The van der Waals surface area contributed by atoms with Crippen molar-refractivity contribution in [1.29, 1.82) is 0 Å². The molecule has 0 radical (unpaired) electrons. The average molecular weight is 293 g/mol. The summed E-state index contributed by atoms with van der Waals surface area (Å²) < 4.78 is 13.4. The zero-order chi connectivity index (χ0) is 14.7. The fourth-order valence-corrected chi connectivity index (χ4v) is 1.94. The number of halogens is 2. The van der Waals surface area contributed by atoms with E-state index in [-0.39, 0.29) is 5.82 Å². The van der Waals surface area contributed by atoms with Crippen LogP contribution < -0.4 is 10.6 Å². The molecule has 0 heterocycles. The summed E-state index contributed by atoms with van der Waals surface area (Å²) in [6.45, 7) is 3.42. The molecule has 0 saturated heterocycles. The summed E-state index contributed by atoms with van der Waals surface area (Å²) in [5, 5.41) is 5.88. The van der Waals surface area contributed by atoms with Gasteiger partial charge in [-0.05, 0) is 43.7 Å². The number of carbonyl (C=O) groups is 1. The molecule has 0 aromatic heterocycles. The highest BCUT2D eigenvalue weighted by atomic mass is 35.5. The van der Waals surface area contributed by atoms with Crippen LogP contribution in [-0.4, -0.2) is 6.03 Å². The lowest BCUT2D eigenvalue weighted by Gasteiger charge is -2.12. The SMILES string of the molecule is Cc1c(F)cccc1NC(=O)Nc1cccc(Cl)c1C. The van der Waals surface area contributed by atoms with Gasteiger partial charge >= 0.3 is 6.03 Å². The van der Waals surface area contributed by atoms with Crippen LogP contribution in [0.4, 0.5) is 20.6 Å². The van der Waals surface area contributed by atoms with Crippen LogP contribution in [-0.2, 0) is 0 Å². The molecule has 0 aliphatic carbocycles. The molecule has 5 heteroatoms. The first-order valence-electron chi connectivity index (χ1n) is 6.07. The van der Waals surface area contributed by atoms with Crippen molar-refractivity contribution in [2.24, 2.45) is 0 Å². The van der Waals surface area contributed by atoms with E-state index < -0.39 is 6.03 Å². The van der Waals surface area contributed by atoms with E-state index in [9.17, 15) is 9.18 Å². The molecule has 20 heavy (non-hydrogen) atoms. The van der Waals surface area contributed by atoms with Crippen LogP contribution in [0.25, 0.3) is 0 Å². The Balaban J connectivity index is 2.13. The highest BCUT2D eigenvalue weighted by Gasteiger charge is 2.09. The van der Waals surface area contributed by atoms with E-state index in [0.717, 1.165) is 5.56 Å². The first kappa shape index (κ1) is 14.3. The van der Waals surface area contributed by atoms with Gasteiger partial charge < -0.3 is 10.6 Å². The van der Waals surface area contributed by atoms with Crippen molar-refractivity contribution in [3.8, 4) is 0 Å². The van der Waals surface area contributed by atoms with Crippen molar-refractivity contribution >= 4 is 29.0 Å². The van der Waals surface area contributed by atoms with Crippen molar-refractivity contribution in [2.75, 3.05) is 10.6 Å². The number of hydrogen-bond acceptors (Lipinski definition) is 1. The second kappa shape index (κ2) is 5.92. The van der Waals surface area contributed by atoms with E-state index >= 15 is 0 Å². The number of anilines is 2. The Morgan fingerprint density at radius 1 is 1.00 bits per heavy atom. The molecular formula is C15H14ClFN2O. The van der Waals surface area contributed by atoms with Gasteiger partial charge in [0.15, 0.2) is 0 Å². The topological polar surface area (TPSA) is 41.1 Å². The van der Waals surface area contributed by atoms with Crippen molar-refractivity contribution in [3.05, 3.63) is 58.4 Å². The van der Waals surface area contributed by atoms with Crippen LogP contribution >= 0.6 is 11.6 Å². The molecule has 0 unspecified atom stereocenters. The van der Waals surface area contributed by atoms with Crippen LogP contribution in [0, 0.1) is 19.7 Å². The largest absolute Gasteiger partial charge is 0.323 e. The summed E-state index contributed by atoms with van der Waals surface area (Å²) >= 11 is 5.98. The highest BCUT2D eigenvalue weighted by molar-refractivity contribution is 6.31. The minimum absolute atomic E-state index is 0.360. The van der Waals surface area contributed by atoms with E-state index in [1.165, 1.54) is 6.07 Å². The number of nitrogens with one attached hydrogen (secondary N) is 2. The zero-order valence-corrected chi connectivity index (χ0v) is 11.9. The van der Waals surface area contributed by atoms with E-state index in [1.54, 1.807) is 37.3 Å². The van der Waals surface area contributed by atoms with Crippen LogP contribution in [0.2, 0.25) is 5.02 Å². The summed E-state index contributed by atoms with van der Waals surface area (Å²) in [7, 11) is 0. The van der Waals surface area contributed by atoms with Gasteiger partial charge in [-0.25, -0.2) is 9.18 Å². The fourth-order valence-electron chi connectivity index (χ4n) is 1.76. The lowest BCUT2D eigenvalue weighted by Crippen LogP contribution is -2.20. The number of amides is 2. The first-order valence-corrected chi connectivity index (χ1v) is 6.45. The van der Waals surface area contributed by atoms with Crippen LogP contribution in [0.1, 0.15) is 11.1 Å². The Hall–Kier alpha value is -2.07. The van der Waals surface area contributed by atoms with E-state index in [4.69, 9.17) is 11.6 Å². The molecule has 0 aliphatic heterocycles. The summed E-state index contributed by atoms with van der Waals surface area (Å²) in [5.74, 6) is -0.360. The van der Waals surface area contributed by atoms with Crippen LogP contribution in [0.15, 0.2) is 36.4 Å². The summed E-state index contributed by atoms with van der Waals surface area (Å²) in [5.41, 5.74) is 2.22. The van der Waals surface area contributed by atoms with Crippen molar-refractivity contribution in [2.45, 2.75) is 13.8 Å². The number of hydrogen-bond donors (Lipinski definition) is 2. The molecule has 2 N–H and O–H groups in total. The maximum atomic E-state index is 13.4. The van der Waals surface area contributed by atoms with E-state index in [2.05, 4.69) is 10.6 Å². The molecule has 0 bridgehead atoms. The molecule has 2 amide bonds. The van der Waals surface area contributed by atoms with E-state index in [1.807, 2.05) is 6.92 Å². The number of benzene rings is 2. The standard InChI is InChI=1S/C15H14ClFN2O/c1-9-11(16)5-3-7-13(9)18-15(20)19-14-8-4-6-12(17)10(14)2/h3-8H,1-2H3,(H2,18,19,20). The Bertz CT molecular complexity index is 603. The molecule has 2 rings (SSSR count). The number of carbonyl (C=O) groups excluding carboxylic acids is 1. The Labute approximate surface area is 121 Å². The van der Waals surface area contributed by atoms with E-state index in [0.29, 0.717) is 22.0 Å². The van der Waals surface area contributed by atoms with Crippen LogP contribution in [0.3, 0.4) is 0 Å². The third-order valence-electron chi connectivity index (χ3n) is 3.03. The van der Waals surface area contributed by atoms with Gasteiger partial charge in [0.2, 0.25) is 0 Å². The van der Waals surface area contributed by atoms with Crippen LogP contribution in [0.5, 0.6) is 0 Å². The van der Waals surface area contributed by atoms with Gasteiger partial charge in [-0.15, -0.1) is 0 Å². The van der Waals surface area contributed by atoms with Gasteiger partial charge in [-0.2, -0.15) is 0 Å². The summed E-state index contributed by atoms with van der Waals surface area (Å²) in [6, 6.07) is 9.34. The molecule has 2 aromatic rings. The molecule has 104 valence electrons. The quantitative estimate of drug-likeness (QED) is 0.824. The third kappa shape index (κ3) is 3.08. The predicted molar refractivity (Wildman–Crippen MR) is 80.0 cm³/mol. The highest BCUT2D eigenvalue weighted by Crippen LogP contribution is 2.23. The molecule has 0 aliphatic rings. The molecule has 0 fully saturated rings. The molecule has 0 spiro atoms. The molecular weight excluding hydrogens is 279 g/mol. The van der Waals surface area contributed by atoms with Crippen molar-refractivity contribution < 1.29 is 9.18 Å². The number of urea groups is 1. The lowest BCUT2D eigenvalue weighted by atomic mass is 10.2. The Morgan fingerprint density at radius 2 is 1.55 bits per heavy atom. The predicted octanol–water partition coefficient (Wildman–Crippen LogP) is 4.74. The fraction of sp³-hybridized carbons (Fsp3) is 0.133. The monoisotopic (exact) mass is 292 g/mol. The normalized spacial score (nSPS) is 10.2. The smallest absolute Gasteiger partial charge is 0.307 e. The second-order valence-corrected chi connectivity index (χ2v) is 4.81. The zero-order valence-electron chi connectivity index (χ0n) is 11.1. The lowest BCUT2D eigenvalue weighted by molar-refractivity contribution is 0.262. The second-order valence-electron chi connectivity index (χ2n) is 4.40. The Morgan fingerprint density at radius 3 is 2.20 bits per heavy atom. The third-order valence-corrected chi connectivity index (χ3v) is 3.44. The summed E-state index contributed by atoms with van der Waals surface area (Å²) in [6.07, 6.45) is 0. The average Bonchev–Trinajstić information content (AvgIpc) is 2.40. The maximum Gasteiger partial charge on any atom is 0.323 e. The van der Waals surface area contributed by atoms with Crippen molar-refractivity contribution in [1.82, 2.24) is 0 Å². The number of rotatable bonds is 2. The van der Waals surface area contributed by atoms with Gasteiger partial charge in [0.25, 0.3) is 0 Å². The summed E-state index contributed by atoms with van der Waals surface area (Å²) in [4.78, 5) is 11.9. The minimum atomic E-state index is -0.441. The molecule has 0 atom stereocenters. The Kier molecular flexibility index (Phi) is 4.25. The first-order chi connectivity index (χ1) is 9.49. The van der Waals surface area contributed by atoms with Crippen molar-refractivity contribution in [3.63, 3.8) is 0 Å². The van der Waals surface area contributed by atoms with Gasteiger partial charge in [0.1, 0.15) is 5.82 Å². The maximum absolute atomic E-state index is 13.4. The minimum Gasteiger partial charge on any atom is -0.307 e. The molecule has 0 saturated carbocycles. The van der Waals surface area contributed by atoms with Gasteiger partial charge in [0, 0.05) is 22.0 Å². The molecule has 3 nitrogen and oxygen atoms in total. The molecule has 2 aromatic carbocycles. The van der Waals surface area contributed by atoms with Gasteiger partial charge in [0.05, 0.1) is 0 Å². The van der Waals surface area contributed by atoms with Gasteiger partial charge in [-0.1, -0.05) is 23.7 Å². The van der Waals surface area contributed by atoms with Gasteiger partial charge in [-0.3, -0.25) is 0 Å².